The Kier molecular flexibility index (Phi) is 2.51. The quantitative estimate of drug-likeness (QED) is 0.477. The van der Waals surface area contributed by atoms with Crippen LogP contribution in [0.2, 0.25) is 0 Å². The van der Waals surface area contributed by atoms with E-state index in [2.05, 4.69) is 5.92 Å². The number of hydrogen-bond donors (Lipinski definition) is 1. The summed E-state index contributed by atoms with van der Waals surface area (Å²) in [5.74, 6) is 2.45. The fourth-order valence-corrected chi connectivity index (χ4v) is 2.72. The first kappa shape index (κ1) is 8.96. The molecular formula is C7H13O3P. The third-order valence-electron chi connectivity index (χ3n) is 1.62. The van der Waals surface area contributed by atoms with Gasteiger partial charge in [-0.05, 0) is 0 Å². The van der Waals surface area contributed by atoms with Crippen LogP contribution in [0.25, 0.3) is 0 Å². The summed E-state index contributed by atoms with van der Waals surface area (Å²) in [6.45, 7) is 3.53. The molecule has 1 rings (SSSR count). The molecule has 0 spiro atoms. The van der Waals surface area contributed by atoms with E-state index in [1.807, 2.05) is 6.92 Å². The SMILES string of the molecule is C#CC1O[PH](C)(O)OC1CC. The molecule has 4 heteroatoms. The Labute approximate surface area is 67.3 Å². The van der Waals surface area contributed by atoms with Crippen LogP contribution in [0.15, 0.2) is 0 Å². The molecule has 0 bridgehead atoms. The Hall–Kier alpha value is -0.130. The van der Waals surface area contributed by atoms with Crippen molar-refractivity contribution in [1.82, 2.24) is 0 Å². The van der Waals surface area contributed by atoms with E-state index in [0.29, 0.717) is 0 Å². The van der Waals surface area contributed by atoms with Crippen molar-refractivity contribution in [1.29, 1.82) is 0 Å². The molecule has 0 aliphatic carbocycles. The van der Waals surface area contributed by atoms with Gasteiger partial charge in [0, 0.05) is 0 Å². The van der Waals surface area contributed by atoms with Gasteiger partial charge in [-0.15, -0.1) is 0 Å². The second-order valence-electron chi connectivity index (χ2n) is 2.67. The predicted octanol–water partition coefficient (Wildman–Crippen LogP) is 0.931. The molecule has 3 nitrogen and oxygen atoms in total. The molecule has 1 aliphatic heterocycles. The van der Waals surface area contributed by atoms with Gasteiger partial charge in [-0.25, -0.2) is 0 Å². The summed E-state index contributed by atoms with van der Waals surface area (Å²) in [7, 11) is -2.85. The molecule has 2 atom stereocenters. The second-order valence-corrected chi connectivity index (χ2v) is 4.93. The summed E-state index contributed by atoms with van der Waals surface area (Å²) in [4.78, 5) is 9.40. The first-order valence-electron chi connectivity index (χ1n) is 3.63. The van der Waals surface area contributed by atoms with E-state index in [1.165, 1.54) is 0 Å². The standard InChI is InChI=1S/C7H13O3P/c1-4-6-7(5-2)10-11(3,8)9-6/h1,6-8,11H,5H2,2-3H3. The van der Waals surface area contributed by atoms with Crippen molar-refractivity contribution in [3.63, 3.8) is 0 Å². The Morgan fingerprint density at radius 2 is 2.27 bits per heavy atom. The maximum absolute atomic E-state index is 9.40. The van der Waals surface area contributed by atoms with Crippen LogP contribution in [-0.2, 0) is 9.05 Å². The van der Waals surface area contributed by atoms with E-state index < -0.39 is 7.94 Å². The average molecular weight is 176 g/mol. The van der Waals surface area contributed by atoms with E-state index in [4.69, 9.17) is 15.5 Å². The van der Waals surface area contributed by atoms with Crippen molar-refractivity contribution in [3.8, 4) is 12.3 Å². The van der Waals surface area contributed by atoms with Crippen molar-refractivity contribution < 1.29 is 13.9 Å². The van der Waals surface area contributed by atoms with Crippen molar-refractivity contribution >= 4 is 7.94 Å². The molecule has 0 radical (unpaired) electrons. The Bertz CT molecular complexity index is 185. The van der Waals surface area contributed by atoms with Gasteiger partial charge in [-0.3, -0.25) is 0 Å². The molecule has 1 fully saturated rings. The van der Waals surface area contributed by atoms with Gasteiger partial charge in [0.2, 0.25) is 0 Å². The maximum atomic E-state index is 9.40. The molecule has 1 aliphatic rings. The summed E-state index contributed by atoms with van der Waals surface area (Å²) in [6.07, 6.45) is 5.47. The first-order valence-corrected chi connectivity index (χ1v) is 5.89. The molecule has 0 aromatic heterocycles. The van der Waals surface area contributed by atoms with E-state index in [-0.39, 0.29) is 12.2 Å². The third-order valence-corrected chi connectivity index (χ3v) is 3.05. The summed E-state index contributed by atoms with van der Waals surface area (Å²) in [6, 6.07) is 0. The van der Waals surface area contributed by atoms with Crippen LogP contribution < -0.4 is 0 Å². The summed E-state index contributed by atoms with van der Waals surface area (Å²) >= 11 is 0. The molecule has 1 heterocycles. The number of rotatable bonds is 1. The fourth-order valence-electron chi connectivity index (χ4n) is 1.12. The molecule has 0 aromatic carbocycles. The molecule has 1 N–H and O–H groups in total. The Morgan fingerprint density at radius 3 is 2.64 bits per heavy atom. The van der Waals surface area contributed by atoms with Crippen LogP contribution in [0, 0.1) is 12.3 Å². The van der Waals surface area contributed by atoms with E-state index in [1.54, 1.807) is 6.66 Å². The molecule has 2 unspecified atom stereocenters. The average Bonchev–Trinajstić information content (AvgIpc) is 2.25. The Morgan fingerprint density at radius 1 is 1.64 bits per heavy atom. The van der Waals surface area contributed by atoms with Gasteiger partial charge in [-0.1, -0.05) is 0 Å². The molecule has 11 heavy (non-hydrogen) atoms. The van der Waals surface area contributed by atoms with Gasteiger partial charge < -0.3 is 0 Å². The van der Waals surface area contributed by atoms with E-state index in [9.17, 15) is 4.89 Å². The minimum absolute atomic E-state index is 0.123. The first-order chi connectivity index (χ1) is 5.09. The zero-order valence-corrected chi connectivity index (χ0v) is 7.70. The number of hydrogen-bond acceptors (Lipinski definition) is 3. The van der Waals surface area contributed by atoms with Gasteiger partial charge >= 0.3 is 66.4 Å². The van der Waals surface area contributed by atoms with E-state index >= 15 is 0 Å². The fraction of sp³-hybridized carbons (Fsp3) is 0.714. The second kappa shape index (κ2) is 3.08. The molecular weight excluding hydrogens is 163 g/mol. The van der Waals surface area contributed by atoms with Crippen molar-refractivity contribution in [2.24, 2.45) is 0 Å². The summed E-state index contributed by atoms with van der Waals surface area (Å²) in [5.41, 5.74) is 0. The predicted molar refractivity (Wildman–Crippen MR) is 45.3 cm³/mol. The van der Waals surface area contributed by atoms with Gasteiger partial charge in [0.05, 0.1) is 0 Å². The van der Waals surface area contributed by atoms with Gasteiger partial charge in [0.15, 0.2) is 0 Å². The van der Waals surface area contributed by atoms with Gasteiger partial charge in [-0.2, -0.15) is 0 Å². The van der Waals surface area contributed by atoms with Crippen LogP contribution in [-0.4, -0.2) is 23.8 Å². The summed E-state index contributed by atoms with van der Waals surface area (Å²) < 4.78 is 10.4. The van der Waals surface area contributed by atoms with Crippen LogP contribution in [0.5, 0.6) is 0 Å². The molecule has 0 amide bonds. The van der Waals surface area contributed by atoms with Crippen molar-refractivity contribution in [2.45, 2.75) is 25.6 Å². The molecule has 0 aromatic rings. The van der Waals surface area contributed by atoms with Crippen LogP contribution in [0.4, 0.5) is 0 Å². The molecule has 1 saturated heterocycles. The van der Waals surface area contributed by atoms with Gasteiger partial charge in [0.1, 0.15) is 0 Å². The topological polar surface area (TPSA) is 38.7 Å². The summed E-state index contributed by atoms with van der Waals surface area (Å²) in [5, 5.41) is 0. The molecule has 0 saturated carbocycles. The van der Waals surface area contributed by atoms with Crippen molar-refractivity contribution in [2.75, 3.05) is 6.66 Å². The van der Waals surface area contributed by atoms with Crippen LogP contribution in [0.3, 0.4) is 0 Å². The third kappa shape index (κ3) is 1.91. The van der Waals surface area contributed by atoms with Gasteiger partial charge in [0.25, 0.3) is 0 Å². The van der Waals surface area contributed by atoms with Crippen LogP contribution >= 0.6 is 7.94 Å². The number of terminal acetylenes is 1. The van der Waals surface area contributed by atoms with Crippen LogP contribution in [0.1, 0.15) is 13.3 Å². The molecule has 64 valence electrons. The zero-order valence-electron chi connectivity index (χ0n) is 6.70. The monoisotopic (exact) mass is 176 g/mol. The normalized spacial score (nSPS) is 38.0. The Balaban J connectivity index is 2.64. The minimum atomic E-state index is -2.85. The van der Waals surface area contributed by atoms with E-state index in [0.717, 1.165) is 6.42 Å². The zero-order chi connectivity index (χ0) is 8.48. The van der Waals surface area contributed by atoms with Crippen molar-refractivity contribution in [3.05, 3.63) is 0 Å².